The molecule has 1 amide bonds. The van der Waals surface area contributed by atoms with Crippen LogP contribution in [0.4, 0.5) is 0 Å². The number of hydrogen-bond acceptors (Lipinski definition) is 6. The van der Waals surface area contributed by atoms with Gasteiger partial charge in [-0.15, -0.1) is 10.2 Å². The van der Waals surface area contributed by atoms with Crippen LogP contribution in [0.5, 0.6) is 5.75 Å². The summed E-state index contributed by atoms with van der Waals surface area (Å²) >= 11 is 1.26. The molecular weight excluding hydrogens is 398 g/mol. The van der Waals surface area contributed by atoms with Gasteiger partial charge in [0.2, 0.25) is 11.8 Å². The van der Waals surface area contributed by atoms with Gasteiger partial charge in [0.15, 0.2) is 0 Å². The van der Waals surface area contributed by atoms with Crippen LogP contribution in [0.2, 0.25) is 0 Å². The lowest BCUT2D eigenvalue weighted by Gasteiger charge is -2.17. The Kier molecular flexibility index (Phi) is 7.90. The van der Waals surface area contributed by atoms with Crippen LogP contribution in [-0.2, 0) is 4.79 Å². The zero-order valence-electron chi connectivity index (χ0n) is 17.5. The normalized spacial score (nSPS) is 12.9. The summed E-state index contributed by atoms with van der Waals surface area (Å²) in [6.45, 7) is 7.13. The third-order valence-electron chi connectivity index (χ3n) is 4.75. The molecule has 0 saturated carbocycles. The fraction of sp³-hybridized carbons (Fsp3) is 0.348. The second kappa shape index (κ2) is 10.8. The molecule has 0 aliphatic rings. The van der Waals surface area contributed by atoms with Crippen LogP contribution in [0, 0.1) is 0 Å². The van der Waals surface area contributed by atoms with E-state index in [-0.39, 0.29) is 11.2 Å². The summed E-state index contributed by atoms with van der Waals surface area (Å²) in [5.41, 5.74) is 2.04. The summed E-state index contributed by atoms with van der Waals surface area (Å²) in [7, 11) is 0. The summed E-state index contributed by atoms with van der Waals surface area (Å²) in [6, 6.07) is 17.7. The molecule has 2 atom stereocenters. The molecule has 0 aliphatic heterocycles. The van der Waals surface area contributed by atoms with E-state index in [0.29, 0.717) is 30.2 Å². The molecule has 3 aromatic rings. The van der Waals surface area contributed by atoms with Crippen molar-refractivity contribution in [2.45, 2.75) is 43.6 Å². The summed E-state index contributed by atoms with van der Waals surface area (Å²) < 4.78 is 11.2. The Bertz CT molecular complexity index is 928. The van der Waals surface area contributed by atoms with Gasteiger partial charge in [-0.05, 0) is 50.1 Å². The number of nitrogens with one attached hydrogen (secondary N) is 1. The molecule has 0 spiro atoms. The lowest BCUT2D eigenvalue weighted by Crippen LogP contribution is -2.34. The third kappa shape index (κ3) is 5.86. The average molecular weight is 426 g/mol. The zero-order valence-corrected chi connectivity index (χ0v) is 18.3. The second-order valence-corrected chi connectivity index (χ2v) is 8.14. The molecule has 1 heterocycles. The fourth-order valence-corrected chi connectivity index (χ4v) is 3.74. The van der Waals surface area contributed by atoms with Crippen molar-refractivity contribution in [2.75, 3.05) is 13.2 Å². The molecule has 3 rings (SSSR count). The van der Waals surface area contributed by atoms with Gasteiger partial charge in [-0.3, -0.25) is 4.79 Å². The topological polar surface area (TPSA) is 77.2 Å². The minimum atomic E-state index is -0.341. The lowest BCUT2D eigenvalue weighted by atomic mass is 9.96. The van der Waals surface area contributed by atoms with E-state index in [1.807, 2.05) is 56.3 Å². The molecule has 7 heteroatoms. The van der Waals surface area contributed by atoms with Crippen LogP contribution in [-0.4, -0.2) is 34.5 Å². The first-order valence-corrected chi connectivity index (χ1v) is 11.0. The number of carbonyl (C=O) groups is 1. The molecule has 1 aromatic heterocycles. The number of benzene rings is 2. The predicted octanol–water partition coefficient (Wildman–Crippen LogP) is 4.93. The van der Waals surface area contributed by atoms with Crippen molar-refractivity contribution in [3.63, 3.8) is 0 Å². The van der Waals surface area contributed by atoms with E-state index < -0.39 is 0 Å². The number of hydrogen-bond donors (Lipinski definition) is 1. The Morgan fingerprint density at radius 1 is 1.10 bits per heavy atom. The first-order chi connectivity index (χ1) is 14.6. The van der Waals surface area contributed by atoms with Crippen LogP contribution in [0.1, 0.15) is 38.7 Å². The van der Waals surface area contributed by atoms with Crippen molar-refractivity contribution >= 4 is 17.7 Å². The van der Waals surface area contributed by atoms with E-state index in [1.165, 1.54) is 17.3 Å². The van der Waals surface area contributed by atoms with Gasteiger partial charge in [-0.1, -0.05) is 49.0 Å². The number of amides is 1. The average Bonchev–Trinajstić information content (AvgIpc) is 3.24. The molecule has 6 nitrogen and oxygen atoms in total. The van der Waals surface area contributed by atoms with Crippen molar-refractivity contribution in [1.29, 1.82) is 0 Å². The van der Waals surface area contributed by atoms with Crippen molar-refractivity contribution < 1.29 is 13.9 Å². The molecule has 158 valence electrons. The first kappa shape index (κ1) is 21.9. The van der Waals surface area contributed by atoms with Gasteiger partial charge in [-0.25, -0.2) is 0 Å². The molecule has 1 N–H and O–H groups in total. The van der Waals surface area contributed by atoms with E-state index in [9.17, 15) is 4.79 Å². The molecule has 0 bridgehead atoms. The van der Waals surface area contributed by atoms with Gasteiger partial charge in [0.25, 0.3) is 5.22 Å². The number of thioether (sulfide) groups is 1. The molecule has 0 saturated heterocycles. The highest BCUT2D eigenvalue weighted by atomic mass is 32.2. The smallest absolute Gasteiger partial charge is 0.277 e. The largest absolute Gasteiger partial charge is 0.494 e. The molecule has 0 fully saturated rings. The number of ether oxygens (including phenoxy) is 1. The number of rotatable bonds is 10. The van der Waals surface area contributed by atoms with Crippen molar-refractivity contribution in [2.24, 2.45) is 0 Å². The van der Waals surface area contributed by atoms with Gasteiger partial charge >= 0.3 is 0 Å². The quantitative estimate of drug-likeness (QED) is 0.464. The van der Waals surface area contributed by atoms with Crippen LogP contribution in [0.3, 0.4) is 0 Å². The van der Waals surface area contributed by atoms with Crippen LogP contribution >= 0.6 is 11.8 Å². The lowest BCUT2D eigenvalue weighted by molar-refractivity contribution is -0.120. The maximum Gasteiger partial charge on any atom is 0.277 e. The SMILES string of the molecule is CCOc1ccc(-c2nnc(S[C@@H](C)C(=O)NC[C@H](CC)c3ccccc3)o2)cc1. The standard InChI is InChI=1S/C23H27N3O3S/c1-4-17(18-9-7-6-8-10-18)15-24-21(27)16(3)30-23-26-25-22(29-23)19-11-13-20(14-12-19)28-5-2/h6-14,16-17H,4-5,15H2,1-3H3,(H,24,27)/t16-,17-/m0/s1. The minimum absolute atomic E-state index is 0.0461. The number of nitrogens with zero attached hydrogens (tertiary/aromatic N) is 2. The van der Waals surface area contributed by atoms with E-state index in [0.717, 1.165) is 17.7 Å². The second-order valence-electron chi connectivity index (χ2n) is 6.85. The number of aromatic nitrogens is 2. The van der Waals surface area contributed by atoms with Crippen LogP contribution in [0.25, 0.3) is 11.5 Å². The molecule has 2 aromatic carbocycles. The Hall–Kier alpha value is -2.80. The van der Waals surface area contributed by atoms with Gasteiger partial charge in [0, 0.05) is 18.0 Å². The molecule has 0 radical (unpaired) electrons. The first-order valence-electron chi connectivity index (χ1n) is 10.2. The summed E-state index contributed by atoms with van der Waals surface area (Å²) in [5.74, 6) is 1.46. The molecule has 0 aliphatic carbocycles. The molecular formula is C23H27N3O3S. The summed E-state index contributed by atoms with van der Waals surface area (Å²) in [6.07, 6.45) is 0.959. The van der Waals surface area contributed by atoms with E-state index in [2.05, 4.69) is 34.6 Å². The van der Waals surface area contributed by atoms with E-state index in [4.69, 9.17) is 9.15 Å². The van der Waals surface area contributed by atoms with Gasteiger partial charge in [-0.2, -0.15) is 0 Å². The van der Waals surface area contributed by atoms with Gasteiger partial charge < -0.3 is 14.5 Å². The van der Waals surface area contributed by atoms with Gasteiger partial charge in [0.05, 0.1) is 11.9 Å². The third-order valence-corrected chi connectivity index (χ3v) is 5.69. The van der Waals surface area contributed by atoms with Gasteiger partial charge in [0.1, 0.15) is 5.75 Å². The fourth-order valence-electron chi connectivity index (χ4n) is 3.03. The highest BCUT2D eigenvalue weighted by Gasteiger charge is 2.20. The van der Waals surface area contributed by atoms with E-state index in [1.54, 1.807) is 0 Å². The van der Waals surface area contributed by atoms with Crippen LogP contribution in [0.15, 0.2) is 64.2 Å². The zero-order chi connectivity index (χ0) is 21.3. The molecule has 0 unspecified atom stereocenters. The Morgan fingerprint density at radius 3 is 2.50 bits per heavy atom. The monoisotopic (exact) mass is 425 g/mol. The Morgan fingerprint density at radius 2 is 1.83 bits per heavy atom. The molecule has 30 heavy (non-hydrogen) atoms. The minimum Gasteiger partial charge on any atom is -0.494 e. The summed E-state index contributed by atoms with van der Waals surface area (Å²) in [5, 5.41) is 11.2. The van der Waals surface area contributed by atoms with Crippen LogP contribution < -0.4 is 10.1 Å². The van der Waals surface area contributed by atoms with E-state index >= 15 is 0 Å². The predicted molar refractivity (Wildman–Crippen MR) is 119 cm³/mol. The number of carbonyl (C=O) groups excluding carboxylic acids is 1. The van der Waals surface area contributed by atoms with Crippen molar-refractivity contribution in [3.05, 3.63) is 60.2 Å². The maximum atomic E-state index is 12.5. The maximum absolute atomic E-state index is 12.5. The Labute approximate surface area is 181 Å². The highest BCUT2D eigenvalue weighted by Crippen LogP contribution is 2.27. The highest BCUT2D eigenvalue weighted by molar-refractivity contribution is 8.00. The van der Waals surface area contributed by atoms with Crippen molar-refractivity contribution in [1.82, 2.24) is 15.5 Å². The summed E-state index contributed by atoms with van der Waals surface area (Å²) in [4.78, 5) is 12.5. The Balaban J connectivity index is 1.54. The van der Waals surface area contributed by atoms with Crippen molar-refractivity contribution in [3.8, 4) is 17.2 Å².